The molecule has 0 aliphatic rings. The van der Waals surface area contributed by atoms with Gasteiger partial charge in [0.15, 0.2) is 5.82 Å². The second kappa shape index (κ2) is 8.79. The van der Waals surface area contributed by atoms with Crippen molar-refractivity contribution in [3.63, 3.8) is 0 Å². The van der Waals surface area contributed by atoms with E-state index in [4.69, 9.17) is 0 Å². The predicted molar refractivity (Wildman–Crippen MR) is 96.9 cm³/mol. The van der Waals surface area contributed by atoms with E-state index >= 15 is 0 Å². The maximum atomic E-state index is 12.1. The van der Waals surface area contributed by atoms with Gasteiger partial charge in [0.2, 0.25) is 0 Å². The first-order valence-corrected chi connectivity index (χ1v) is 8.96. The number of aromatic amines is 1. The van der Waals surface area contributed by atoms with Crippen LogP contribution in [0.1, 0.15) is 26.1 Å². The van der Waals surface area contributed by atoms with Crippen molar-refractivity contribution in [3.8, 4) is 10.7 Å². The molecule has 3 N–H and O–H groups in total. The van der Waals surface area contributed by atoms with Crippen molar-refractivity contribution in [2.45, 2.75) is 32.9 Å². The molecule has 2 aromatic heterocycles. The van der Waals surface area contributed by atoms with Crippen molar-refractivity contribution >= 4 is 17.4 Å². The van der Waals surface area contributed by atoms with Crippen LogP contribution in [0, 0.1) is 5.92 Å². The molecule has 2 amide bonds. The Kier molecular flexibility index (Phi) is 6.74. The fourth-order valence-electron chi connectivity index (χ4n) is 2.48. The van der Waals surface area contributed by atoms with Crippen LogP contribution in [0.15, 0.2) is 17.5 Å². The van der Waals surface area contributed by atoms with Crippen LogP contribution in [0.3, 0.4) is 0 Å². The molecule has 0 fully saturated rings. The van der Waals surface area contributed by atoms with Gasteiger partial charge in [-0.2, -0.15) is 5.10 Å². The Balaban J connectivity index is 1.83. The highest BCUT2D eigenvalue weighted by Crippen LogP contribution is 2.20. The van der Waals surface area contributed by atoms with E-state index < -0.39 is 0 Å². The van der Waals surface area contributed by atoms with Crippen LogP contribution >= 0.6 is 11.3 Å². The van der Waals surface area contributed by atoms with Crippen molar-refractivity contribution in [1.82, 2.24) is 30.7 Å². The fourth-order valence-corrected chi connectivity index (χ4v) is 3.14. The second-order valence-electron chi connectivity index (χ2n) is 6.50. The topological polar surface area (TPSA) is 85.9 Å². The minimum absolute atomic E-state index is 0.122. The Morgan fingerprint density at radius 3 is 2.83 bits per heavy atom. The maximum absolute atomic E-state index is 12.1. The first kappa shape index (κ1) is 18.4. The summed E-state index contributed by atoms with van der Waals surface area (Å²) in [6, 6.07) is 3.87. The highest BCUT2D eigenvalue weighted by Gasteiger charge is 2.15. The van der Waals surface area contributed by atoms with Crippen molar-refractivity contribution in [1.29, 1.82) is 0 Å². The van der Waals surface area contributed by atoms with Gasteiger partial charge in [-0.1, -0.05) is 19.9 Å². The van der Waals surface area contributed by atoms with Crippen LogP contribution in [0.5, 0.6) is 0 Å². The van der Waals surface area contributed by atoms with E-state index in [-0.39, 0.29) is 12.1 Å². The van der Waals surface area contributed by atoms with E-state index in [1.54, 1.807) is 11.3 Å². The quantitative estimate of drug-likeness (QED) is 0.682. The smallest absolute Gasteiger partial charge is 0.315 e. The number of aromatic nitrogens is 3. The van der Waals surface area contributed by atoms with Crippen LogP contribution in [0.25, 0.3) is 10.7 Å². The number of nitrogens with one attached hydrogen (secondary N) is 3. The molecule has 2 rings (SSSR count). The summed E-state index contributed by atoms with van der Waals surface area (Å²) in [7, 11) is 4.01. The summed E-state index contributed by atoms with van der Waals surface area (Å²) in [4.78, 5) is 19.6. The molecule has 0 aliphatic carbocycles. The Morgan fingerprint density at radius 2 is 2.21 bits per heavy atom. The number of rotatable bonds is 8. The molecule has 8 heteroatoms. The summed E-state index contributed by atoms with van der Waals surface area (Å²) in [5, 5.41) is 14.9. The molecular formula is C16H26N6OS. The van der Waals surface area contributed by atoms with Gasteiger partial charge in [-0.25, -0.2) is 9.78 Å². The minimum atomic E-state index is -0.184. The Hall–Kier alpha value is -1.93. The minimum Gasteiger partial charge on any atom is -0.334 e. The molecule has 0 spiro atoms. The summed E-state index contributed by atoms with van der Waals surface area (Å²) in [6.45, 7) is 5.45. The monoisotopic (exact) mass is 350 g/mol. The molecule has 2 heterocycles. The van der Waals surface area contributed by atoms with Crippen LogP contribution in [0.2, 0.25) is 0 Å². The zero-order chi connectivity index (χ0) is 17.5. The van der Waals surface area contributed by atoms with Gasteiger partial charge in [0.1, 0.15) is 5.82 Å². The van der Waals surface area contributed by atoms with Crippen LogP contribution in [-0.2, 0) is 6.54 Å². The molecule has 24 heavy (non-hydrogen) atoms. The number of nitrogens with zero attached hydrogens (tertiary/aromatic N) is 3. The molecule has 0 radical (unpaired) electrons. The predicted octanol–water partition coefficient (Wildman–Crippen LogP) is 2.31. The van der Waals surface area contributed by atoms with E-state index in [1.807, 2.05) is 31.6 Å². The number of amides is 2. The normalized spacial score (nSPS) is 12.6. The Morgan fingerprint density at radius 1 is 1.42 bits per heavy atom. The van der Waals surface area contributed by atoms with Gasteiger partial charge in [-0.15, -0.1) is 11.3 Å². The SMILES string of the molecule is CC(C)C[C@@H](CN(C)C)NC(=O)NCc1nc(-c2cccs2)n[nH]1. The van der Waals surface area contributed by atoms with E-state index in [1.165, 1.54) is 0 Å². The summed E-state index contributed by atoms with van der Waals surface area (Å²) in [5.74, 6) is 1.83. The number of H-pyrrole nitrogens is 1. The summed E-state index contributed by atoms with van der Waals surface area (Å²) >= 11 is 1.58. The molecule has 1 atom stereocenters. The maximum Gasteiger partial charge on any atom is 0.315 e. The summed E-state index contributed by atoms with van der Waals surface area (Å²) < 4.78 is 0. The average molecular weight is 350 g/mol. The first-order valence-electron chi connectivity index (χ1n) is 8.08. The summed E-state index contributed by atoms with van der Waals surface area (Å²) in [5.41, 5.74) is 0. The third-order valence-corrected chi connectivity index (χ3v) is 4.23. The number of hydrogen-bond acceptors (Lipinski definition) is 5. The Bertz CT molecular complexity index is 612. The average Bonchev–Trinajstić information content (AvgIpc) is 3.15. The standard InChI is InChI=1S/C16H26N6OS/c1-11(2)8-12(10-22(3)4)18-16(23)17-9-14-19-15(21-20-14)13-6-5-7-24-13/h5-7,11-12H,8-10H2,1-4H3,(H2,17,18,23)(H,19,20,21)/t12-/m0/s1. The Labute approximate surface area is 146 Å². The number of likely N-dealkylation sites (N-methyl/N-ethyl adjacent to an activating group) is 1. The fraction of sp³-hybridized carbons (Fsp3) is 0.562. The lowest BCUT2D eigenvalue weighted by molar-refractivity contribution is 0.228. The highest BCUT2D eigenvalue weighted by atomic mass is 32.1. The lowest BCUT2D eigenvalue weighted by atomic mass is 10.0. The second-order valence-corrected chi connectivity index (χ2v) is 7.45. The van der Waals surface area contributed by atoms with Gasteiger partial charge in [0.25, 0.3) is 0 Å². The summed E-state index contributed by atoms with van der Waals surface area (Å²) in [6.07, 6.45) is 0.941. The third kappa shape index (κ3) is 5.93. The number of carbonyl (C=O) groups is 1. The molecule has 0 bridgehead atoms. The lowest BCUT2D eigenvalue weighted by Gasteiger charge is -2.24. The van der Waals surface area contributed by atoms with Gasteiger partial charge in [-0.3, -0.25) is 5.10 Å². The largest absolute Gasteiger partial charge is 0.334 e. The van der Waals surface area contributed by atoms with Gasteiger partial charge < -0.3 is 15.5 Å². The van der Waals surface area contributed by atoms with E-state index in [0.717, 1.165) is 17.8 Å². The van der Waals surface area contributed by atoms with Crippen LogP contribution in [0.4, 0.5) is 4.79 Å². The highest BCUT2D eigenvalue weighted by molar-refractivity contribution is 7.13. The molecule has 132 valence electrons. The molecule has 0 unspecified atom stereocenters. The van der Waals surface area contributed by atoms with Crippen LogP contribution in [-0.4, -0.2) is 52.8 Å². The molecule has 7 nitrogen and oxygen atoms in total. The molecule has 0 saturated heterocycles. The van der Waals surface area contributed by atoms with E-state index in [2.05, 4.69) is 44.6 Å². The van der Waals surface area contributed by atoms with Crippen molar-refractivity contribution in [2.75, 3.05) is 20.6 Å². The van der Waals surface area contributed by atoms with Crippen LogP contribution < -0.4 is 10.6 Å². The zero-order valence-electron chi connectivity index (χ0n) is 14.7. The molecule has 0 saturated carbocycles. The number of thiophene rings is 1. The van der Waals surface area contributed by atoms with Gasteiger partial charge in [-0.05, 0) is 37.9 Å². The molecular weight excluding hydrogens is 324 g/mol. The zero-order valence-corrected chi connectivity index (χ0v) is 15.5. The number of urea groups is 1. The first-order chi connectivity index (χ1) is 11.4. The number of carbonyl (C=O) groups excluding carboxylic acids is 1. The number of hydrogen-bond donors (Lipinski definition) is 3. The molecule has 2 aromatic rings. The van der Waals surface area contributed by atoms with E-state index in [9.17, 15) is 4.79 Å². The van der Waals surface area contributed by atoms with E-state index in [0.29, 0.717) is 24.1 Å². The van der Waals surface area contributed by atoms with Crippen molar-refractivity contribution in [3.05, 3.63) is 23.3 Å². The van der Waals surface area contributed by atoms with Crippen molar-refractivity contribution < 1.29 is 4.79 Å². The van der Waals surface area contributed by atoms with Gasteiger partial charge >= 0.3 is 6.03 Å². The third-order valence-electron chi connectivity index (χ3n) is 3.37. The lowest BCUT2D eigenvalue weighted by Crippen LogP contribution is -2.46. The molecule has 0 aliphatic heterocycles. The van der Waals surface area contributed by atoms with Gasteiger partial charge in [0.05, 0.1) is 11.4 Å². The molecule has 0 aromatic carbocycles. The van der Waals surface area contributed by atoms with Gasteiger partial charge in [0, 0.05) is 12.6 Å². The van der Waals surface area contributed by atoms with Crippen molar-refractivity contribution in [2.24, 2.45) is 5.92 Å².